The number of halogens is 1. The Morgan fingerprint density at radius 1 is 0.846 bits per heavy atom. The smallest absolute Gasteiger partial charge is 0.124 e. The predicted octanol–water partition coefficient (Wildman–Crippen LogP) is 4.74. The maximum Gasteiger partial charge on any atom is 0.124 e. The Bertz CT molecular complexity index is 823. The molecule has 0 aliphatic carbocycles. The van der Waals surface area contributed by atoms with E-state index in [-0.39, 0.29) is 0 Å². The lowest BCUT2D eigenvalue weighted by atomic mass is 10.1. The Kier molecular flexibility index (Phi) is 6.67. The van der Waals surface area contributed by atoms with Gasteiger partial charge in [0.25, 0.3) is 0 Å². The van der Waals surface area contributed by atoms with E-state index in [2.05, 4.69) is 5.32 Å². The van der Waals surface area contributed by atoms with Crippen LogP contribution in [0.2, 0.25) is 5.02 Å². The van der Waals surface area contributed by atoms with Crippen LogP contribution in [-0.2, 0) is 13.2 Å². The molecule has 26 heavy (non-hydrogen) atoms. The van der Waals surface area contributed by atoms with E-state index in [0.717, 1.165) is 22.4 Å². The number of ether oxygens (including phenoxy) is 1. The van der Waals surface area contributed by atoms with E-state index >= 15 is 0 Å². The molecule has 3 aromatic carbocycles. The lowest BCUT2D eigenvalue weighted by Crippen LogP contribution is -2.21. The Morgan fingerprint density at radius 2 is 1.50 bits per heavy atom. The molecule has 0 aromatic heterocycles. The molecule has 0 aliphatic heterocycles. The highest BCUT2D eigenvalue weighted by molar-refractivity contribution is 6.31. The number of rotatable bonds is 8. The van der Waals surface area contributed by atoms with Gasteiger partial charge in [-0.1, -0.05) is 78.3 Å². The van der Waals surface area contributed by atoms with E-state index in [0.29, 0.717) is 24.7 Å². The van der Waals surface area contributed by atoms with Crippen LogP contribution in [0.15, 0.2) is 78.9 Å². The largest absolute Gasteiger partial charge is 0.489 e. The van der Waals surface area contributed by atoms with Gasteiger partial charge in [0, 0.05) is 29.2 Å². The number of hydrogen-bond acceptors (Lipinski definition) is 3. The van der Waals surface area contributed by atoms with Crippen molar-refractivity contribution in [1.82, 2.24) is 5.32 Å². The van der Waals surface area contributed by atoms with Crippen LogP contribution in [0.25, 0.3) is 0 Å². The van der Waals surface area contributed by atoms with Crippen molar-refractivity contribution >= 4 is 11.6 Å². The van der Waals surface area contributed by atoms with Gasteiger partial charge in [0.1, 0.15) is 12.4 Å². The SMILES string of the molecule is O[C@@H](CNCc1ccccc1OCc1ccccc1Cl)c1ccccc1. The fourth-order valence-corrected chi connectivity index (χ4v) is 2.89. The first-order valence-electron chi connectivity index (χ1n) is 8.62. The lowest BCUT2D eigenvalue weighted by Gasteiger charge is -2.15. The molecule has 0 unspecified atom stereocenters. The van der Waals surface area contributed by atoms with Crippen LogP contribution in [0.3, 0.4) is 0 Å². The van der Waals surface area contributed by atoms with Crippen LogP contribution >= 0.6 is 11.6 Å². The molecule has 0 fully saturated rings. The number of benzene rings is 3. The van der Waals surface area contributed by atoms with Gasteiger partial charge < -0.3 is 15.2 Å². The van der Waals surface area contributed by atoms with Crippen molar-refractivity contribution in [2.45, 2.75) is 19.3 Å². The monoisotopic (exact) mass is 367 g/mol. The molecule has 0 amide bonds. The maximum absolute atomic E-state index is 10.2. The van der Waals surface area contributed by atoms with Crippen LogP contribution in [-0.4, -0.2) is 11.7 Å². The third-order valence-corrected chi connectivity index (χ3v) is 4.52. The summed E-state index contributed by atoms with van der Waals surface area (Å²) in [5.74, 6) is 0.814. The summed E-state index contributed by atoms with van der Waals surface area (Å²) >= 11 is 6.19. The highest BCUT2D eigenvalue weighted by Crippen LogP contribution is 2.22. The first kappa shape index (κ1) is 18.5. The molecule has 2 N–H and O–H groups in total. The molecule has 0 saturated carbocycles. The highest BCUT2D eigenvalue weighted by Gasteiger charge is 2.08. The predicted molar refractivity (Wildman–Crippen MR) is 105 cm³/mol. The van der Waals surface area contributed by atoms with Crippen molar-refractivity contribution in [3.05, 3.63) is 101 Å². The van der Waals surface area contributed by atoms with Gasteiger partial charge >= 0.3 is 0 Å². The molecule has 3 aromatic rings. The summed E-state index contributed by atoms with van der Waals surface area (Å²) < 4.78 is 5.96. The highest BCUT2D eigenvalue weighted by atomic mass is 35.5. The molecular weight excluding hydrogens is 346 g/mol. The summed E-state index contributed by atoms with van der Waals surface area (Å²) in [6, 6.07) is 25.2. The zero-order valence-electron chi connectivity index (χ0n) is 14.4. The zero-order chi connectivity index (χ0) is 18.2. The first-order chi connectivity index (χ1) is 12.7. The van der Waals surface area contributed by atoms with E-state index in [1.54, 1.807) is 0 Å². The topological polar surface area (TPSA) is 41.5 Å². The number of hydrogen-bond donors (Lipinski definition) is 2. The second-order valence-corrected chi connectivity index (χ2v) is 6.45. The average Bonchev–Trinajstić information content (AvgIpc) is 2.69. The van der Waals surface area contributed by atoms with Crippen LogP contribution < -0.4 is 10.1 Å². The van der Waals surface area contributed by atoms with E-state index in [4.69, 9.17) is 16.3 Å². The summed E-state index contributed by atoms with van der Waals surface area (Å²) in [5.41, 5.74) is 2.90. The van der Waals surface area contributed by atoms with Gasteiger partial charge in [0.15, 0.2) is 0 Å². The minimum atomic E-state index is -0.535. The zero-order valence-corrected chi connectivity index (χ0v) is 15.2. The molecule has 4 heteroatoms. The molecule has 0 saturated heterocycles. The molecule has 0 spiro atoms. The summed E-state index contributed by atoms with van der Waals surface area (Å²) in [6.07, 6.45) is -0.535. The summed E-state index contributed by atoms with van der Waals surface area (Å²) in [6.45, 7) is 1.51. The fraction of sp³-hybridized carbons (Fsp3) is 0.182. The van der Waals surface area contributed by atoms with Gasteiger partial charge in [0.2, 0.25) is 0 Å². The molecule has 0 bridgehead atoms. The van der Waals surface area contributed by atoms with E-state index in [1.165, 1.54) is 0 Å². The van der Waals surface area contributed by atoms with E-state index in [9.17, 15) is 5.11 Å². The van der Waals surface area contributed by atoms with Crippen LogP contribution in [0.4, 0.5) is 0 Å². The second kappa shape index (κ2) is 9.39. The average molecular weight is 368 g/mol. The summed E-state index contributed by atoms with van der Waals surface area (Å²) in [7, 11) is 0. The molecule has 3 nitrogen and oxygen atoms in total. The molecule has 1 atom stereocenters. The van der Waals surface area contributed by atoms with Gasteiger partial charge in [-0.05, 0) is 17.7 Å². The van der Waals surface area contributed by atoms with Crippen molar-refractivity contribution in [1.29, 1.82) is 0 Å². The van der Waals surface area contributed by atoms with Gasteiger partial charge in [-0.3, -0.25) is 0 Å². The Hall–Kier alpha value is -2.33. The number of para-hydroxylation sites is 1. The van der Waals surface area contributed by atoms with Gasteiger partial charge in [-0.25, -0.2) is 0 Å². The molecule has 134 valence electrons. The second-order valence-electron chi connectivity index (χ2n) is 6.05. The third kappa shape index (κ3) is 5.09. The van der Waals surface area contributed by atoms with Crippen LogP contribution in [0.1, 0.15) is 22.8 Å². The fourth-order valence-electron chi connectivity index (χ4n) is 2.70. The molecule has 0 radical (unpaired) electrons. The van der Waals surface area contributed by atoms with Crippen LogP contribution in [0, 0.1) is 0 Å². The van der Waals surface area contributed by atoms with Gasteiger partial charge in [-0.2, -0.15) is 0 Å². The summed E-state index contributed by atoms with van der Waals surface area (Å²) in [4.78, 5) is 0. The van der Waals surface area contributed by atoms with Crippen molar-refractivity contribution in [2.24, 2.45) is 0 Å². The minimum absolute atomic E-state index is 0.420. The van der Waals surface area contributed by atoms with Crippen molar-refractivity contribution in [3.63, 3.8) is 0 Å². The standard InChI is InChI=1S/C22H22ClNO2/c23-20-12-6-4-11-19(20)16-26-22-13-7-5-10-18(22)14-24-15-21(25)17-8-2-1-3-9-17/h1-13,21,24-25H,14-16H2/t21-/m0/s1. The first-order valence-corrected chi connectivity index (χ1v) is 8.99. The Labute approximate surface area is 159 Å². The van der Waals surface area contributed by atoms with Gasteiger partial charge in [-0.15, -0.1) is 0 Å². The Balaban J connectivity index is 1.56. The molecule has 3 rings (SSSR count). The minimum Gasteiger partial charge on any atom is -0.489 e. The van der Waals surface area contributed by atoms with E-state index in [1.807, 2.05) is 78.9 Å². The van der Waals surface area contributed by atoms with Crippen LogP contribution in [0.5, 0.6) is 5.75 Å². The van der Waals surface area contributed by atoms with Crippen molar-refractivity contribution < 1.29 is 9.84 Å². The maximum atomic E-state index is 10.2. The molecular formula is C22H22ClNO2. The summed E-state index contributed by atoms with van der Waals surface area (Å²) in [5, 5.41) is 14.2. The quantitative estimate of drug-likeness (QED) is 0.604. The number of aliphatic hydroxyl groups is 1. The lowest BCUT2D eigenvalue weighted by molar-refractivity contribution is 0.174. The number of aliphatic hydroxyl groups excluding tert-OH is 1. The van der Waals surface area contributed by atoms with Gasteiger partial charge in [0.05, 0.1) is 6.10 Å². The molecule has 0 heterocycles. The Morgan fingerprint density at radius 3 is 2.27 bits per heavy atom. The normalized spacial score (nSPS) is 11.9. The molecule has 0 aliphatic rings. The third-order valence-electron chi connectivity index (χ3n) is 4.15. The van der Waals surface area contributed by atoms with Crippen molar-refractivity contribution in [2.75, 3.05) is 6.54 Å². The van der Waals surface area contributed by atoms with Crippen molar-refractivity contribution in [3.8, 4) is 5.75 Å². The van der Waals surface area contributed by atoms with E-state index < -0.39 is 6.10 Å². The number of nitrogens with one attached hydrogen (secondary N) is 1.